The fraction of sp³-hybridized carbons (Fsp3) is 0.429. The van der Waals surface area contributed by atoms with Crippen LogP contribution < -0.4 is 10.2 Å². The van der Waals surface area contributed by atoms with Crippen molar-refractivity contribution in [2.24, 2.45) is 0 Å². The third kappa shape index (κ3) is 2.69. The first-order chi connectivity index (χ1) is 9.17. The Kier molecular flexibility index (Phi) is 4.03. The van der Waals surface area contributed by atoms with Gasteiger partial charge in [0.1, 0.15) is 0 Å². The summed E-state index contributed by atoms with van der Waals surface area (Å²) in [6.07, 6.45) is 0.936. The van der Waals surface area contributed by atoms with E-state index >= 15 is 0 Å². The van der Waals surface area contributed by atoms with Crippen LogP contribution in [0.4, 0.5) is 10.5 Å². The zero-order valence-electron chi connectivity index (χ0n) is 11.3. The van der Waals surface area contributed by atoms with Crippen LogP contribution in [0, 0.1) is 11.3 Å². The normalized spacial score (nSPS) is 18.8. The molecule has 1 unspecified atom stereocenters. The highest BCUT2D eigenvalue weighted by Crippen LogP contribution is 2.24. The second kappa shape index (κ2) is 5.72. The third-order valence-corrected chi connectivity index (χ3v) is 3.51. The van der Waals surface area contributed by atoms with Crippen molar-refractivity contribution in [2.45, 2.75) is 12.5 Å². The minimum absolute atomic E-state index is 0.0193. The number of nitriles is 1. The summed E-state index contributed by atoms with van der Waals surface area (Å²) in [6, 6.07) is 9.46. The van der Waals surface area contributed by atoms with Crippen molar-refractivity contribution < 1.29 is 4.79 Å². The molecule has 1 aliphatic heterocycles. The number of anilines is 1. The highest BCUT2D eigenvalue weighted by molar-refractivity contribution is 5.94. The molecule has 1 N–H and O–H groups in total. The SMILES string of the molecule is CNCCC1CN(c2ccc(C#N)cc2)C(=O)N1C. The first-order valence-corrected chi connectivity index (χ1v) is 6.36. The summed E-state index contributed by atoms with van der Waals surface area (Å²) >= 11 is 0. The third-order valence-electron chi connectivity index (χ3n) is 3.51. The zero-order valence-corrected chi connectivity index (χ0v) is 11.3. The molecule has 5 heteroatoms. The lowest BCUT2D eigenvalue weighted by molar-refractivity contribution is 0.217. The van der Waals surface area contributed by atoms with E-state index in [1.54, 1.807) is 21.9 Å². The molecule has 1 aliphatic rings. The van der Waals surface area contributed by atoms with E-state index in [4.69, 9.17) is 5.26 Å². The van der Waals surface area contributed by atoms with Gasteiger partial charge >= 0.3 is 6.03 Å². The lowest BCUT2D eigenvalue weighted by Crippen LogP contribution is -2.32. The van der Waals surface area contributed by atoms with Crippen molar-refractivity contribution in [2.75, 3.05) is 32.1 Å². The molecule has 0 bridgehead atoms. The average molecular weight is 258 g/mol. The standard InChI is InChI=1S/C14H18N4O/c1-16-8-7-13-10-18(14(19)17(13)2)12-5-3-11(9-15)4-6-12/h3-6,13,16H,7-8,10H2,1-2H3. The number of hydrogen-bond acceptors (Lipinski definition) is 3. The predicted octanol–water partition coefficient (Wildman–Crippen LogP) is 1.41. The molecule has 1 saturated heterocycles. The first-order valence-electron chi connectivity index (χ1n) is 6.36. The van der Waals surface area contributed by atoms with Gasteiger partial charge in [0, 0.05) is 19.3 Å². The van der Waals surface area contributed by atoms with Crippen molar-refractivity contribution >= 4 is 11.7 Å². The molecule has 0 aromatic heterocycles. The van der Waals surface area contributed by atoms with Crippen LogP contribution in [0.1, 0.15) is 12.0 Å². The Morgan fingerprint density at radius 2 is 2.11 bits per heavy atom. The van der Waals surface area contributed by atoms with E-state index in [1.165, 1.54) is 0 Å². The Morgan fingerprint density at radius 3 is 2.68 bits per heavy atom. The molecule has 5 nitrogen and oxygen atoms in total. The van der Waals surface area contributed by atoms with Crippen LogP contribution in [0.25, 0.3) is 0 Å². The Bertz CT molecular complexity index is 491. The summed E-state index contributed by atoms with van der Waals surface area (Å²) in [4.78, 5) is 15.8. The fourth-order valence-corrected chi connectivity index (χ4v) is 2.29. The van der Waals surface area contributed by atoms with E-state index in [2.05, 4.69) is 11.4 Å². The molecular formula is C14H18N4O. The molecule has 1 aromatic carbocycles. The highest BCUT2D eigenvalue weighted by atomic mass is 16.2. The fourth-order valence-electron chi connectivity index (χ4n) is 2.29. The first kappa shape index (κ1) is 13.4. The Labute approximate surface area is 113 Å². The van der Waals surface area contributed by atoms with Gasteiger partial charge in [0.25, 0.3) is 0 Å². The summed E-state index contributed by atoms with van der Waals surface area (Å²) in [5, 5.41) is 11.9. The van der Waals surface area contributed by atoms with Crippen molar-refractivity contribution in [3.8, 4) is 6.07 Å². The van der Waals surface area contributed by atoms with Crippen LogP contribution in [0.5, 0.6) is 0 Å². The second-order valence-electron chi connectivity index (χ2n) is 4.71. The maximum Gasteiger partial charge on any atom is 0.324 e. The number of carbonyl (C=O) groups is 1. The molecule has 0 aliphatic carbocycles. The van der Waals surface area contributed by atoms with E-state index in [0.29, 0.717) is 12.1 Å². The van der Waals surface area contributed by atoms with E-state index in [9.17, 15) is 4.79 Å². The van der Waals surface area contributed by atoms with Gasteiger partial charge in [-0.15, -0.1) is 0 Å². The molecular weight excluding hydrogens is 240 g/mol. The van der Waals surface area contributed by atoms with E-state index < -0.39 is 0 Å². The molecule has 0 saturated carbocycles. The smallest absolute Gasteiger partial charge is 0.323 e. The maximum absolute atomic E-state index is 12.2. The number of nitrogens with one attached hydrogen (secondary N) is 1. The predicted molar refractivity (Wildman–Crippen MR) is 74.0 cm³/mol. The molecule has 1 aromatic rings. The summed E-state index contributed by atoms with van der Waals surface area (Å²) in [5.41, 5.74) is 1.46. The van der Waals surface area contributed by atoms with Crippen LogP contribution >= 0.6 is 0 Å². The molecule has 2 rings (SSSR count). The maximum atomic E-state index is 12.2. The van der Waals surface area contributed by atoms with E-state index in [0.717, 1.165) is 18.7 Å². The number of rotatable bonds is 4. The van der Waals surface area contributed by atoms with Crippen molar-refractivity contribution in [1.29, 1.82) is 5.26 Å². The molecule has 1 heterocycles. The van der Waals surface area contributed by atoms with Gasteiger partial charge in [-0.25, -0.2) is 4.79 Å². The summed E-state index contributed by atoms with van der Waals surface area (Å²) in [5.74, 6) is 0. The van der Waals surface area contributed by atoms with Crippen LogP contribution in [0.2, 0.25) is 0 Å². The molecule has 1 atom stereocenters. The van der Waals surface area contributed by atoms with Crippen LogP contribution in [-0.4, -0.2) is 44.2 Å². The Morgan fingerprint density at radius 1 is 1.42 bits per heavy atom. The summed E-state index contributed by atoms with van der Waals surface area (Å²) in [7, 11) is 3.75. The number of nitrogens with zero attached hydrogens (tertiary/aromatic N) is 3. The second-order valence-corrected chi connectivity index (χ2v) is 4.71. The van der Waals surface area contributed by atoms with Gasteiger partial charge in [-0.3, -0.25) is 4.90 Å². The minimum Gasteiger partial charge on any atom is -0.323 e. The van der Waals surface area contributed by atoms with Crippen LogP contribution in [-0.2, 0) is 0 Å². The average Bonchev–Trinajstić information content (AvgIpc) is 2.73. The van der Waals surface area contributed by atoms with Gasteiger partial charge in [-0.05, 0) is 44.3 Å². The van der Waals surface area contributed by atoms with Gasteiger partial charge in [-0.2, -0.15) is 5.26 Å². The van der Waals surface area contributed by atoms with Gasteiger partial charge in [-0.1, -0.05) is 0 Å². The lowest BCUT2D eigenvalue weighted by Gasteiger charge is -2.17. The number of amides is 2. The van der Waals surface area contributed by atoms with E-state index in [-0.39, 0.29) is 12.1 Å². The number of hydrogen-bond donors (Lipinski definition) is 1. The van der Waals surface area contributed by atoms with Gasteiger partial charge in [0.05, 0.1) is 17.7 Å². The van der Waals surface area contributed by atoms with Crippen LogP contribution in [0.15, 0.2) is 24.3 Å². The van der Waals surface area contributed by atoms with Gasteiger partial charge in [0.2, 0.25) is 0 Å². The van der Waals surface area contributed by atoms with Crippen molar-refractivity contribution in [3.63, 3.8) is 0 Å². The Hall–Kier alpha value is -2.06. The quantitative estimate of drug-likeness (QED) is 0.888. The van der Waals surface area contributed by atoms with Gasteiger partial charge in [0.15, 0.2) is 0 Å². The zero-order chi connectivity index (χ0) is 13.8. The van der Waals surface area contributed by atoms with Crippen molar-refractivity contribution in [3.05, 3.63) is 29.8 Å². The van der Waals surface area contributed by atoms with E-state index in [1.807, 2.05) is 26.2 Å². The monoisotopic (exact) mass is 258 g/mol. The molecule has 2 amide bonds. The molecule has 100 valence electrons. The molecule has 1 fully saturated rings. The Balaban J connectivity index is 2.12. The lowest BCUT2D eigenvalue weighted by atomic mass is 10.2. The number of likely N-dealkylation sites (N-methyl/N-ethyl adjacent to an activating group) is 1. The van der Waals surface area contributed by atoms with Crippen molar-refractivity contribution in [1.82, 2.24) is 10.2 Å². The number of urea groups is 1. The summed E-state index contributed by atoms with van der Waals surface area (Å²) in [6.45, 7) is 1.59. The molecule has 0 spiro atoms. The number of benzene rings is 1. The summed E-state index contributed by atoms with van der Waals surface area (Å²) < 4.78 is 0. The largest absolute Gasteiger partial charge is 0.324 e. The number of carbonyl (C=O) groups excluding carboxylic acids is 1. The van der Waals surface area contributed by atoms with Gasteiger partial charge < -0.3 is 10.2 Å². The minimum atomic E-state index is 0.0193. The van der Waals surface area contributed by atoms with Crippen LogP contribution in [0.3, 0.4) is 0 Å². The topological polar surface area (TPSA) is 59.4 Å². The highest BCUT2D eigenvalue weighted by Gasteiger charge is 2.34. The molecule has 0 radical (unpaired) electrons. The molecule has 19 heavy (non-hydrogen) atoms.